The summed E-state index contributed by atoms with van der Waals surface area (Å²) in [6, 6.07) is 0. The van der Waals surface area contributed by atoms with Crippen molar-refractivity contribution in [3.8, 4) is 0 Å². The fraction of sp³-hybridized carbons (Fsp3) is 1.00. The molecule has 0 aromatic carbocycles. The first-order chi connectivity index (χ1) is 13.3. The SMILES string of the molecule is CCCCCCCCC(CC1CO1)OC(CCCCCCCC)CC1CO1. The Hall–Kier alpha value is -0.120. The third kappa shape index (κ3) is 12.9. The van der Waals surface area contributed by atoms with Gasteiger partial charge in [-0.25, -0.2) is 0 Å². The minimum atomic E-state index is 0.396. The van der Waals surface area contributed by atoms with Gasteiger partial charge < -0.3 is 14.2 Å². The standard InChI is InChI=1S/C24H46O3/c1-3-5-7-9-11-13-15-21(17-23-19-25-23)27-22(18-24-20-26-24)16-14-12-10-8-6-4-2/h21-24H,3-20H2,1-2H3. The zero-order chi connectivity index (χ0) is 19.2. The lowest BCUT2D eigenvalue weighted by atomic mass is 10.0. The minimum Gasteiger partial charge on any atom is -0.375 e. The molecule has 4 unspecified atom stereocenters. The molecular formula is C24H46O3. The molecule has 0 aliphatic carbocycles. The summed E-state index contributed by atoms with van der Waals surface area (Å²) in [4.78, 5) is 0. The molecule has 2 rings (SSSR count). The maximum absolute atomic E-state index is 6.65. The first kappa shape index (κ1) is 23.2. The molecule has 0 aromatic rings. The van der Waals surface area contributed by atoms with Crippen LogP contribution in [-0.2, 0) is 14.2 Å². The number of unbranched alkanes of at least 4 members (excludes halogenated alkanes) is 10. The lowest BCUT2D eigenvalue weighted by Crippen LogP contribution is -2.25. The van der Waals surface area contributed by atoms with E-state index in [2.05, 4.69) is 13.8 Å². The quantitative estimate of drug-likeness (QED) is 0.171. The number of hydrogen-bond acceptors (Lipinski definition) is 3. The van der Waals surface area contributed by atoms with Crippen LogP contribution in [0.25, 0.3) is 0 Å². The van der Waals surface area contributed by atoms with E-state index >= 15 is 0 Å². The summed E-state index contributed by atoms with van der Waals surface area (Å²) in [5, 5.41) is 0. The van der Waals surface area contributed by atoms with Gasteiger partial charge in [0.15, 0.2) is 0 Å². The maximum atomic E-state index is 6.65. The smallest absolute Gasteiger partial charge is 0.0834 e. The molecule has 27 heavy (non-hydrogen) atoms. The Balaban J connectivity index is 1.64. The second-order valence-electron chi connectivity index (χ2n) is 8.88. The van der Waals surface area contributed by atoms with Gasteiger partial charge in [-0.15, -0.1) is 0 Å². The molecule has 3 heteroatoms. The van der Waals surface area contributed by atoms with Crippen molar-refractivity contribution in [2.24, 2.45) is 0 Å². The van der Waals surface area contributed by atoms with Crippen LogP contribution in [0.2, 0.25) is 0 Å². The average molecular weight is 383 g/mol. The average Bonchev–Trinajstić information content (AvgIpc) is 3.57. The topological polar surface area (TPSA) is 34.3 Å². The van der Waals surface area contributed by atoms with Crippen LogP contribution in [0.1, 0.15) is 117 Å². The van der Waals surface area contributed by atoms with Crippen LogP contribution in [0.4, 0.5) is 0 Å². The number of ether oxygens (including phenoxy) is 3. The number of rotatable bonds is 20. The van der Waals surface area contributed by atoms with E-state index in [4.69, 9.17) is 14.2 Å². The summed E-state index contributed by atoms with van der Waals surface area (Å²) < 4.78 is 17.7. The molecule has 0 amide bonds. The molecule has 2 heterocycles. The van der Waals surface area contributed by atoms with Crippen molar-refractivity contribution in [1.82, 2.24) is 0 Å². The third-order valence-corrected chi connectivity index (χ3v) is 6.00. The number of hydrogen-bond donors (Lipinski definition) is 0. The fourth-order valence-electron chi connectivity index (χ4n) is 4.05. The van der Waals surface area contributed by atoms with Gasteiger partial charge in [0.05, 0.1) is 37.6 Å². The van der Waals surface area contributed by atoms with Crippen molar-refractivity contribution in [3.05, 3.63) is 0 Å². The van der Waals surface area contributed by atoms with Gasteiger partial charge in [0.1, 0.15) is 0 Å². The summed E-state index contributed by atoms with van der Waals surface area (Å²) in [5.41, 5.74) is 0. The Morgan fingerprint density at radius 1 is 0.630 bits per heavy atom. The second kappa shape index (κ2) is 14.8. The van der Waals surface area contributed by atoms with Crippen molar-refractivity contribution in [2.45, 2.75) is 141 Å². The minimum absolute atomic E-state index is 0.396. The summed E-state index contributed by atoms with van der Waals surface area (Å²) in [7, 11) is 0. The van der Waals surface area contributed by atoms with E-state index in [0.29, 0.717) is 24.4 Å². The van der Waals surface area contributed by atoms with Gasteiger partial charge in [0.2, 0.25) is 0 Å². The van der Waals surface area contributed by atoms with Gasteiger partial charge in [0.25, 0.3) is 0 Å². The zero-order valence-corrected chi connectivity index (χ0v) is 18.3. The van der Waals surface area contributed by atoms with Crippen LogP contribution in [0.3, 0.4) is 0 Å². The predicted molar refractivity (Wildman–Crippen MR) is 113 cm³/mol. The molecule has 3 nitrogen and oxygen atoms in total. The molecule has 0 spiro atoms. The van der Waals surface area contributed by atoms with Crippen LogP contribution in [0.15, 0.2) is 0 Å². The van der Waals surface area contributed by atoms with Crippen LogP contribution >= 0.6 is 0 Å². The molecule has 0 saturated carbocycles. The van der Waals surface area contributed by atoms with E-state index in [1.165, 1.54) is 89.9 Å². The maximum Gasteiger partial charge on any atom is 0.0834 e. The van der Waals surface area contributed by atoms with Gasteiger partial charge in [0, 0.05) is 12.8 Å². The lowest BCUT2D eigenvalue weighted by molar-refractivity contribution is -0.0359. The number of epoxide rings is 2. The van der Waals surface area contributed by atoms with Crippen LogP contribution in [0.5, 0.6) is 0 Å². The second-order valence-corrected chi connectivity index (χ2v) is 8.88. The Kier molecular flexibility index (Phi) is 12.7. The molecule has 2 aliphatic rings. The highest BCUT2D eigenvalue weighted by Gasteiger charge is 2.31. The Morgan fingerprint density at radius 2 is 1.00 bits per heavy atom. The van der Waals surface area contributed by atoms with Gasteiger partial charge in [-0.2, -0.15) is 0 Å². The summed E-state index contributed by atoms with van der Waals surface area (Å²) in [6.45, 7) is 6.47. The van der Waals surface area contributed by atoms with Gasteiger partial charge in [-0.05, 0) is 12.8 Å². The highest BCUT2D eigenvalue weighted by Crippen LogP contribution is 2.27. The van der Waals surface area contributed by atoms with Crippen LogP contribution < -0.4 is 0 Å². The Morgan fingerprint density at radius 3 is 1.37 bits per heavy atom. The monoisotopic (exact) mass is 382 g/mol. The van der Waals surface area contributed by atoms with Crippen molar-refractivity contribution in [2.75, 3.05) is 13.2 Å². The zero-order valence-electron chi connectivity index (χ0n) is 18.3. The van der Waals surface area contributed by atoms with Crippen molar-refractivity contribution >= 4 is 0 Å². The lowest BCUT2D eigenvalue weighted by Gasteiger charge is -2.25. The molecule has 0 bridgehead atoms. The Bertz CT molecular complexity index is 307. The first-order valence-corrected chi connectivity index (χ1v) is 12.2. The molecule has 4 atom stereocenters. The van der Waals surface area contributed by atoms with E-state index in [1.54, 1.807) is 0 Å². The largest absolute Gasteiger partial charge is 0.375 e. The normalized spacial score (nSPS) is 23.3. The van der Waals surface area contributed by atoms with E-state index in [1.807, 2.05) is 0 Å². The molecular weight excluding hydrogens is 336 g/mol. The molecule has 0 aromatic heterocycles. The third-order valence-electron chi connectivity index (χ3n) is 6.00. The van der Waals surface area contributed by atoms with E-state index in [-0.39, 0.29) is 0 Å². The highest BCUT2D eigenvalue weighted by molar-refractivity contribution is 4.79. The van der Waals surface area contributed by atoms with Crippen LogP contribution in [-0.4, -0.2) is 37.6 Å². The van der Waals surface area contributed by atoms with Gasteiger partial charge >= 0.3 is 0 Å². The molecule has 160 valence electrons. The fourth-order valence-corrected chi connectivity index (χ4v) is 4.05. The summed E-state index contributed by atoms with van der Waals surface area (Å²) in [6.07, 6.45) is 22.7. The van der Waals surface area contributed by atoms with Gasteiger partial charge in [-0.3, -0.25) is 0 Å². The molecule has 0 N–H and O–H groups in total. The molecule has 2 saturated heterocycles. The molecule has 2 aliphatic heterocycles. The van der Waals surface area contributed by atoms with Crippen molar-refractivity contribution in [1.29, 1.82) is 0 Å². The van der Waals surface area contributed by atoms with E-state index in [9.17, 15) is 0 Å². The van der Waals surface area contributed by atoms with Gasteiger partial charge in [-0.1, -0.05) is 90.9 Å². The highest BCUT2D eigenvalue weighted by atomic mass is 16.6. The summed E-state index contributed by atoms with van der Waals surface area (Å²) >= 11 is 0. The predicted octanol–water partition coefficient (Wildman–Crippen LogP) is 6.82. The van der Waals surface area contributed by atoms with Crippen molar-refractivity contribution in [3.63, 3.8) is 0 Å². The Labute approximate surface area is 168 Å². The summed E-state index contributed by atoms with van der Waals surface area (Å²) in [5.74, 6) is 0. The van der Waals surface area contributed by atoms with E-state index in [0.717, 1.165) is 26.1 Å². The molecule has 2 fully saturated rings. The van der Waals surface area contributed by atoms with Crippen LogP contribution in [0, 0.1) is 0 Å². The van der Waals surface area contributed by atoms with E-state index < -0.39 is 0 Å². The van der Waals surface area contributed by atoms with Crippen molar-refractivity contribution < 1.29 is 14.2 Å². The molecule has 0 radical (unpaired) electrons. The first-order valence-electron chi connectivity index (χ1n) is 12.2.